The molecule has 0 saturated carbocycles. The van der Waals surface area contributed by atoms with Crippen molar-refractivity contribution in [1.29, 1.82) is 0 Å². The van der Waals surface area contributed by atoms with Crippen molar-refractivity contribution in [3.05, 3.63) is 107 Å². The molecular formula is C22H14ClFN2O. The lowest BCUT2D eigenvalue weighted by Gasteiger charge is -2.18. The van der Waals surface area contributed by atoms with E-state index >= 15 is 0 Å². The number of carbonyl (C=O) groups excluding carboxylic acids is 1. The van der Waals surface area contributed by atoms with Gasteiger partial charge in [-0.2, -0.15) is 0 Å². The summed E-state index contributed by atoms with van der Waals surface area (Å²) in [6, 6.07) is 22.6. The second-order valence-electron chi connectivity index (χ2n) is 5.97. The highest BCUT2D eigenvalue weighted by atomic mass is 35.5. The minimum absolute atomic E-state index is 0.175. The molecule has 5 heteroatoms. The second kappa shape index (κ2) is 7.17. The summed E-state index contributed by atoms with van der Waals surface area (Å²) in [5.74, 6) is -0.237. The summed E-state index contributed by atoms with van der Waals surface area (Å²) in [5, 5.41) is 0.594. The molecule has 3 aromatic carbocycles. The van der Waals surface area contributed by atoms with Gasteiger partial charge in [0.1, 0.15) is 17.3 Å². The van der Waals surface area contributed by atoms with E-state index in [1.165, 1.54) is 17.0 Å². The maximum atomic E-state index is 14.0. The Morgan fingerprint density at radius 1 is 0.889 bits per heavy atom. The molecule has 1 aliphatic rings. The molecule has 3 nitrogen and oxygen atoms in total. The molecular weight excluding hydrogens is 363 g/mol. The lowest BCUT2D eigenvalue weighted by atomic mass is 10.1. The van der Waals surface area contributed by atoms with E-state index in [9.17, 15) is 9.18 Å². The molecule has 0 aromatic heterocycles. The Kier molecular flexibility index (Phi) is 4.57. The molecule has 4 rings (SSSR count). The number of nitrogens with zero attached hydrogens (tertiary/aromatic N) is 2. The molecule has 0 aliphatic carbocycles. The highest BCUT2D eigenvalue weighted by Crippen LogP contribution is 2.28. The van der Waals surface area contributed by atoms with Crippen molar-refractivity contribution in [1.82, 2.24) is 0 Å². The Bertz CT molecular complexity index is 1060. The van der Waals surface area contributed by atoms with Crippen LogP contribution in [0.4, 0.5) is 10.1 Å². The summed E-state index contributed by atoms with van der Waals surface area (Å²) in [4.78, 5) is 19.1. The van der Waals surface area contributed by atoms with Crippen LogP contribution in [0.1, 0.15) is 11.1 Å². The largest absolute Gasteiger partial charge is 0.282 e. The van der Waals surface area contributed by atoms with Gasteiger partial charge >= 0.3 is 0 Å². The zero-order chi connectivity index (χ0) is 18.8. The first-order chi connectivity index (χ1) is 13.1. The van der Waals surface area contributed by atoms with Gasteiger partial charge in [-0.05, 0) is 48.5 Å². The summed E-state index contributed by atoms with van der Waals surface area (Å²) in [6.07, 6.45) is 1.47. The van der Waals surface area contributed by atoms with Gasteiger partial charge in [-0.1, -0.05) is 48.0 Å². The summed E-state index contributed by atoms with van der Waals surface area (Å²) in [6.45, 7) is 0. The molecule has 1 heterocycles. The number of amides is 1. The zero-order valence-electron chi connectivity index (χ0n) is 14.1. The number of carbonyl (C=O) groups is 1. The lowest BCUT2D eigenvalue weighted by Crippen LogP contribution is -2.32. The molecule has 0 atom stereocenters. The fraction of sp³-hybridized carbons (Fsp3) is 0. The molecule has 1 aliphatic heterocycles. The number of benzene rings is 3. The number of hydrogen-bond acceptors (Lipinski definition) is 2. The standard InChI is InChI=1S/C22H14ClFN2O/c23-17-12-10-15(11-13-17)21-25-20(14-16-6-4-5-9-19(16)24)22(27)26(21)18-7-2-1-3-8-18/h1-14H/b20-14+. The van der Waals surface area contributed by atoms with Crippen LogP contribution >= 0.6 is 11.6 Å². The molecule has 0 N–H and O–H groups in total. The third-order valence-corrected chi connectivity index (χ3v) is 4.43. The number of para-hydroxylation sites is 1. The van der Waals surface area contributed by atoms with Crippen LogP contribution in [0.5, 0.6) is 0 Å². The van der Waals surface area contributed by atoms with Crippen molar-refractivity contribution in [2.45, 2.75) is 0 Å². The van der Waals surface area contributed by atoms with E-state index in [0.29, 0.717) is 22.1 Å². The third kappa shape index (κ3) is 3.39. The molecule has 1 amide bonds. The molecule has 0 unspecified atom stereocenters. The van der Waals surface area contributed by atoms with E-state index in [4.69, 9.17) is 11.6 Å². The van der Waals surface area contributed by atoms with E-state index in [-0.39, 0.29) is 11.6 Å². The predicted octanol–water partition coefficient (Wildman–Crippen LogP) is 5.31. The Labute approximate surface area is 161 Å². The van der Waals surface area contributed by atoms with E-state index in [2.05, 4.69) is 4.99 Å². The van der Waals surface area contributed by atoms with Gasteiger partial charge in [0.25, 0.3) is 5.91 Å². The number of amidine groups is 1. The first-order valence-corrected chi connectivity index (χ1v) is 8.71. The molecule has 0 spiro atoms. The van der Waals surface area contributed by atoms with Crippen LogP contribution < -0.4 is 4.90 Å². The number of hydrogen-bond donors (Lipinski definition) is 0. The van der Waals surface area contributed by atoms with Gasteiger partial charge in [0.05, 0.1) is 5.69 Å². The van der Waals surface area contributed by atoms with Gasteiger partial charge in [0, 0.05) is 16.1 Å². The van der Waals surface area contributed by atoms with Gasteiger partial charge in [-0.25, -0.2) is 9.38 Å². The van der Waals surface area contributed by atoms with Gasteiger partial charge in [-0.3, -0.25) is 9.69 Å². The summed E-state index contributed by atoms with van der Waals surface area (Å²) in [7, 11) is 0. The van der Waals surface area contributed by atoms with Crippen LogP contribution in [-0.2, 0) is 4.79 Å². The summed E-state index contributed by atoms with van der Waals surface area (Å²) >= 11 is 5.98. The molecule has 0 bridgehead atoms. The predicted molar refractivity (Wildman–Crippen MR) is 106 cm³/mol. The number of rotatable bonds is 3. The van der Waals surface area contributed by atoms with Crippen LogP contribution in [0.25, 0.3) is 6.08 Å². The van der Waals surface area contributed by atoms with Crippen LogP contribution in [-0.4, -0.2) is 11.7 Å². The zero-order valence-corrected chi connectivity index (χ0v) is 14.9. The molecule has 0 saturated heterocycles. The van der Waals surface area contributed by atoms with Gasteiger partial charge < -0.3 is 0 Å². The number of halogens is 2. The van der Waals surface area contributed by atoms with Crippen LogP contribution in [0.15, 0.2) is 89.6 Å². The molecule has 27 heavy (non-hydrogen) atoms. The minimum atomic E-state index is -0.404. The van der Waals surface area contributed by atoms with E-state index in [1.807, 2.05) is 30.3 Å². The highest BCUT2D eigenvalue weighted by Gasteiger charge is 2.32. The first-order valence-electron chi connectivity index (χ1n) is 8.34. The fourth-order valence-electron chi connectivity index (χ4n) is 2.87. The van der Waals surface area contributed by atoms with Crippen LogP contribution in [0, 0.1) is 5.82 Å². The van der Waals surface area contributed by atoms with E-state index in [1.54, 1.807) is 42.5 Å². The fourth-order valence-corrected chi connectivity index (χ4v) is 2.99. The number of anilines is 1. The van der Waals surface area contributed by atoms with Crippen molar-refractivity contribution in [2.24, 2.45) is 4.99 Å². The average Bonchev–Trinajstić information content (AvgIpc) is 3.01. The van der Waals surface area contributed by atoms with Crippen molar-refractivity contribution in [3.8, 4) is 0 Å². The lowest BCUT2D eigenvalue weighted by molar-refractivity contribution is -0.113. The second-order valence-corrected chi connectivity index (χ2v) is 6.41. The van der Waals surface area contributed by atoms with Crippen LogP contribution in [0.3, 0.4) is 0 Å². The Hall–Kier alpha value is -3.24. The summed E-state index contributed by atoms with van der Waals surface area (Å²) in [5.41, 5.74) is 1.92. The van der Waals surface area contributed by atoms with E-state index < -0.39 is 5.82 Å². The topological polar surface area (TPSA) is 32.7 Å². The van der Waals surface area contributed by atoms with Crippen molar-refractivity contribution < 1.29 is 9.18 Å². The van der Waals surface area contributed by atoms with Crippen molar-refractivity contribution in [3.63, 3.8) is 0 Å². The van der Waals surface area contributed by atoms with Gasteiger partial charge in [-0.15, -0.1) is 0 Å². The SMILES string of the molecule is O=C1/C(=C\c2ccccc2F)N=C(c2ccc(Cl)cc2)N1c1ccccc1. The minimum Gasteiger partial charge on any atom is -0.266 e. The van der Waals surface area contributed by atoms with Crippen molar-refractivity contribution >= 4 is 35.1 Å². The molecule has 132 valence electrons. The smallest absolute Gasteiger partial charge is 0.266 e. The molecule has 0 radical (unpaired) electrons. The molecule has 0 fully saturated rings. The monoisotopic (exact) mass is 376 g/mol. The maximum absolute atomic E-state index is 14.0. The van der Waals surface area contributed by atoms with Crippen molar-refractivity contribution in [2.75, 3.05) is 4.90 Å². The normalized spacial score (nSPS) is 15.3. The van der Waals surface area contributed by atoms with E-state index in [0.717, 1.165) is 5.56 Å². The Morgan fingerprint density at radius 3 is 2.26 bits per heavy atom. The highest BCUT2D eigenvalue weighted by molar-refractivity contribution is 6.34. The number of aliphatic imine (C=N–C) groups is 1. The molecule has 3 aromatic rings. The first kappa shape index (κ1) is 17.2. The maximum Gasteiger partial charge on any atom is 0.282 e. The van der Waals surface area contributed by atoms with Gasteiger partial charge in [0.15, 0.2) is 0 Å². The Morgan fingerprint density at radius 2 is 1.56 bits per heavy atom. The quantitative estimate of drug-likeness (QED) is 0.570. The Balaban J connectivity index is 1.84. The van der Waals surface area contributed by atoms with Gasteiger partial charge in [0.2, 0.25) is 0 Å². The summed E-state index contributed by atoms with van der Waals surface area (Å²) < 4.78 is 14.0. The average molecular weight is 377 g/mol. The van der Waals surface area contributed by atoms with Crippen LogP contribution in [0.2, 0.25) is 5.02 Å². The third-order valence-electron chi connectivity index (χ3n) is 4.17.